The van der Waals surface area contributed by atoms with E-state index in [1.54, 1.807) is 0 Å². The van der Waals surface area contributed by atoms with Crippen molar-refractivity contribution in [1.82, 2.24) is 20.9 Å². The number of amides is 3. The highest BCUT2D eigenvalue weighted by molar-refractivity contribution is 7.98. The molecule has 10 heteroatoms. The van der Waals surface area contributed by atoms with Gasteiger partial charge in [-0.05, 0) is 50.7 Å². The van der Waals surface area contributed by atoms with Gasteiger partial charge in [0.05, 0.1) is 12.6 Å². The van der Waals surface area contributed by atoms with Gasteiger partial charge in [0.15, 0.2) is 0 Å². The monoisotopic (exact) mass is 400 g/mol. The summed E-state index contributed by atoms with van der Waals surface area (Å²) >= 11 is 1.51. The molecule has 27 heavy (non-hydrogen) atoms. The number of carboxylic acid groups (broad SMARTS) is 1. The molecule has 0 spiro atoms. The molecular weight excluding hydrogens is 372 g/mol. The Bertz CT molecular complexity index is 568. The number of carbonyl (C=O) groups excluding carboxylic acids is 3. The van der Waals surface area contributed by atoms with Crippen molar-refractivity contribution in [3.05, 3.63) is 0 Å². The molecule has 152 valence electrons. The highest BCUT2D eigenvalue weighted by Crippen LogP contribution is 2.18. The number of carboxylic acids is 1. The highest BCUT2D eigenvalue weighted by atomic mass is 32.2. The summed E-state index contributed by atoms with van der Waals surface area (Å²) in [5, 5.41) is 17.5. The van der Waals surface area contributed by atoms with E-state index < -0.39 is 24.0 Å². The third kappa shape index (κ3) is 6.10. The average molecular weight is 401 g/mol. The summed E-state index contributed by atoms with van der Waals surface area (Å²) < 4.78 is 0. The number of hydrogen-bond acceptors (Lipinski definition) is 6. The molecule has 0 bridgehead atoms. The van der Waals surface area contributed by atoms with E-state index in [0.717, 1.165) is 19.4 Å². The standard InChI is InChI=1S/C17H28N4O5S/c1-27-9-6-12(17(25)26)20-16(24)13-5-3-8-21(13)14(22)10-19-15(23)11-4-2-7-18-11/h11-13,18H,2-10H2,1H3,(H,19,23)(H,20,24)(H,25,26)/t11-,12-,13-/m0/s1. The van der Waals surface area contributed by atoms with Crippen molar-refractivity contribution < 1.29 is 24.3 Å². The number of hydrogen-bond donors (Lipinski definition) is 4. The molecule has 9 nitrogen and oxygen atoms in total. The van der Waals surface area contributed by atoms with E-state index in [4.69, 9.17) is 0 Å². The second-order valence-corrected chi connectivity index (χ2v) is 7.78. The van der Waals surface area contributed by atoms with Gasteiger partial charge in [0, 0.05) is 6.54 Å². The molecular formula is C17H28N4O5S. The number of likely N-dealkylation sites (tertiary alicyclic amines) is 1. The Kier molecular flexibility index (Phi) is 8.36. The Labute approximate surface area is 163 Å². The summed E-state index contributed by atoms with van der Waals surface area (Å²) in [6, 6.07) is -1.91. The van der Waals surface area contributed by atoms with Crippen molar-refractivity contribution >= 4 is 35.5 Å². The third-order valence-corrected chi connectivity index (χ3v) is 5.54. The van der Waals surface area contributed by atoms with E-state index in [1.165, 1.54) is 16.7 Å². The Hall–Kier alpha value is -1.81. The number of nitrogens with zero attached hydrogens (tertiary/aromatic N) is 1. The van der Waals surface area contributed by atoms with Crippen LogP contribution in [0.15, 0.2) is 0 Å². The van der Waals surface area contributed by atoms with Crippen molar-refractivity contribution in [3.63, 3.8) is 0 Å². The van der Waals surface area contributed by atoms with Gasteiger partial charge in [0.25, 0.3) is 0 Å². The molecule has 0 radical (unpaired) electrons. The van der Waals surface area contributed by atoms with Crippen molar-refractivity contribution in [3.8, 4) is 0 Å². The van der Waals surface area contributed by atoms with Crippen LogP contribution in [0.25, 0.3) is 0 Å². The van der Waals surface area contributed by atoms with Gasteiger partial charge in [-0.2, -0.15) is 11.8 Å². The molecule has 0 aliphatic carbocycles. The molecule has 0 aromatic heterocycles. The zero-order valence-electron chi connectivity index (χ0n) is 15.5. The second-order valence-electron chi connectivity index (χ2n) is 6.79. The summed E-state index contributed by atoms with van der Waals surface area (Å²) in [6.45, 7) is 1.06. The predicted molar refractivity (Wildman–Crippen MR) is 101 cm³/mol. The molecule has 0 saturated carbocycles. The SMILES string of the molecule is CSCC[C@H](NC(=O)[C@@H]1CCCN1C(=O)CNC(=O)[C@@H]1CCCN1)C(=O)O. The largest absolute Gasteiger partial charge is 0.480 e. The molecule has 2 aliphatic rings. The second kappa shape index (κ2) is 10.5. The van der Waals surface area contributed by atoms with Crippen LogP contribution in [-0.2, 0) is 19.2 Å². The maximum absolute atomic E-state index is 12.5. The molecule has 3 atom stereocenters. The summed E-state index contributed by atoms with van der Waals surface area (Å²) in [6.07, 6.45) is 5.04. The molecule has 2 rings (SSSR count). The number of rotatable bonds is 9. The first kappa shape index (κ1) is 21.5. The van der Waals surface area contributed by atoms with Crippen LogP contribution in [0.2, 0.25) is 0 Å². The molecule has 0 aromatic rings. The molecule has 3 amide bonds. The maximum atomic E-state index is 12.5. The van der Waals surface area contributed by atoms with Crippen LogP contribution in [-0.4, -0.2) is 83.5 Å². The lowest BCUT2D eigenvalue weighted by Crippen LogP contribution is -2.53. The lowest BCUT2D eigenvalue weighted by Gasteiger charge is -2.26. The van der Waals surface area contributed by atoms with Crippen molar-refractivity contribution in [2.24, 2.45) is 0 Å². The lowest BCUT2D eigenvalue weighted by atomic mass is 10.1. The van der Waals surface area contributed by atoms with Gasteiger partial charge in [-0.25, -0.2) is 4.79 Å². The van der Waals surface area contributed by atoms with Gasteiger partial charge in [-0.15, -0.1) is 0 Å². The van der Waals surface area contributed by atoms with Crippen LogP contribution in [0.3, 0.4) is 0 Å². The first-order valence-corrected chi connectivity index (χ1v) is 10.7. The maximum Gasteiger partial charge on any atom is 0.326 e. The van der Waals surface area contributed by atoms with Crippen LogP contribution < -0.4 is 16.0 Å². The van der Waals surface area contributed by atoms with Crippen molar-refractivity contribution in [2.75, 3.05) is 31.6 Å². The normalized spacial score (nSPS) is 23.1. The number of carbonyl (C=O) groups is 4. The van der Waals surface area contributed by atoms with Gasteiger partial charge >= 0.3 is 5.97 Å². The Balaban J connectivity index is 1.86. The summed E-state index contributed by atoms with van der Waals surface area (Å²) in [4.78, 5) is 49.7. The van der Waals surface area contributed by atoms with Gasteiger partial charge < -0.3 is 26.0 Å². The minimum Gasteiger partial charge on any atom is -0.480 e. The highest BCUT2D eigenvalue weighted by Gasteiger charge is 2.36. The first-order chi connectivity index (χ1) is 12.9. The Morgan fingerprint density at radius 1 is 1.22 bits per heavy atom. The first-order valence-electron chi connectivity index (χ1n) is 9.26. The van der Waals surface area contributed by atoms with Crippen LogP contribution in [0.1, 0.15) is 32.1 Å². The summed E-state index contributed by atoms with van der Waals surface area (Å²) in [5.41, 5.74) is 0. The Morgan fingerprint density at radius 3 is 2.63 bits per heavy atom. The molecule has 0 unspecified atom stereocenters. The molecule has 2 fully saturated rings. The predicted octanol–water partition coefficient (Wildman–Crippen LogP) is -0.832. The average Bonchev–Trinajstić information content (AvgIpc) is 3.34. The fraction of sp³-hybridized carbons (Fsp3) is 0.765. The summed E-state index contributed by atoms with van der Waals surface area (Å²) in [7, 11) is 0. The van der Waals surface area contributed by atoms with E-state index in [2.05, 4.69) is 16.0 Å². The van der Waals surface area contributed by atoms with Crippen LogP contribution in [0.5, 0.6) is 0 Å². The van der Waals surface area contributed by atoms with Crippen molar-refractivity contribution in [2.45, 2.75) is 50.2 Å². The fourth-order valence-electron chi connectivity index (χ4n) is 3.39. The number of thioether (sulfide) groups is 1. The third-order valence-electron chi connectivity index (χ3n) is 4.89. The zero-order valence-corrected chi connectivity index (χ0v) is 16.3. The smallest absolute Gasteiger partial charge is 0.326 e. The number of nitrogens with one attached hydrogen (secondary N) is 3. The number of aliphatic carboxylic acids is 1. The quantitative estimate of drug-likeness (QED) is 0.398. The zero-order chi connectivity index (χ0) is 19.8. The minimum atomic E-state index is -1.08. The van der Waals surface area contributed by atoms with E-state index >= 15 is 0 Å². The summed E-state index contributed by atoms with van der Waals surface area (Å²) in [5.74, 6) is -1.44. The molecule has 2 saturated heterocycles. The minimum absolute atomic E-state index is 0.157. The van der Waals surface area contributed by atoms with E-state index in [0.29, 0.717) is 31.6 Å². The van der Waals surface area contributed by atoms with Gasteiger partial charge in [-0.1, -0.05) is 0 Å². The molecule has 0 aromatic carbocycles. The van der Waals surface area contributed by atoms with Gasteiger partial charge in [0.2, 0.25) is 17.7 Å². The van der Waals surface area contributed by atoms with Crippen LogP contribution in [0.4, 0.5) is 0 Å². The Morgan fingerprint density at radius 2 is 2.00 bits per heavy atom. The topological polar surface area (TPSA) is 128 Å². The van der Waals surface area contributed by atoms with E-state index in [-0.39, 0.29) is 24.4 Å². The molecule has 2 aliphatic heterocycles. The van der Waals surface area contributed by atoms with Crippen LogP contribution >= 0.6 is 11.8 Å². The van der Waals surface area contributed by atoms with Gasteiger partial charge in [-0.3, -0.25) is 14.4 Å². The molecule has 4 N–H and O–H groups in total. The van der Waals surface area contributed by atoms with Crippen molar-refractivity contribution in [1.29, 1.82) is 0 Å². The van der Waals surface area contributed by atoms with E-state index in [1.807, 2.05) is 6.26 Å². The fourth-order valence-corrected chi connectivity index (χ4v) is 3.87. The lowest BCUT2D eigenvalue weighted by molar-refractivity contribution is -0.144. The molecule has 2 heterocycles. The van der Waals surface area contributed by atoms with Crippen LogP contribution in [0, 0.1) is 0 Å². The van der Waals surface area contributed by atoms with E-state index in [9.17, 15) is 24.3 Å². The van der Waals surface area contributed by atoms with Gasteiger partial charge in [0.1, 0.15) is 12.1 Å².